The Labute approximate surface area is 109 Å². The van der Waals surface area contributed by atoms with Crippen LogP contribution in [-0.2, 0) is 11.2 Å². The number of para-hydroxylation sites is 1. The SMILES string of the molecule is CC1CCC(NC(=O)Cc2ccccc2N)C1C. The molecule has 3 unspecified atom stereocenters. The standard InChI is InChI=1S/C15H22N2O/c1-10-7-8-14(11(10)2)17-15(18)9-12-5-3-4-6-13(12)16/h3-6,10-11,14H,7-9,16H2,1-2H3,(H,17,18). The number of nitrogens with one attached hydrogen (secondary N) is 1. The van der Waals surface area contributed by atoms with Crippen molar-refractivity contribution >= 4 is 11.6 Å². The predicted octanol–water partition coefficient (Wildman–Crippen LogP) is 2.36. The molecule has 98 valence electrons. The molecule has 0 aromatic heterocycles. The zero-order valence-electron chi connectivity index (χ0n) is 11.1. The monoisotopic (exact) mass is 246 g/mol. The van der Waals surface area contributed by atoms with Crippen molar-refractivity contribution in [2.24, 2.45) is 11.8 Å². The zero-order chi connectivity index (χ0) is 13.1. The number of hydrogen-bond acceptors (Lipinski definition) is 2. The third-order valence-corrected chi connectivity index (χ3v) is 4.22. The quantitative estimate of drug-likeness (QED) is 0.804. The van der Waals surface area contributed by atoms with E-state index < -0.39 is 0 Å². The van der Waals surface area contributed by atoms with Gasteiger partial charge in [0.05, 0.1) is 6.42 Å². The second-order valence-electron chi connectivity index (χ2n) is 5.46. The van der Waals surface area contributed by atoms with E-state index in [1.807, 2.05) is 24.3 Å². The molecule has 0 radical (unpaired) electrons. The Morgan fingerprint density at radius 3 is 2.67 bits per heavy atom. The summed E-state index contributed by atoms with van der Waals surface area (Å²) >= 11 is 0. The van der Waals surface area contributed by atoms with Crippen LogP contribution in [0.2, 0.25) is 0 Å². The third-order valence-electron chi connectivity index (χ3n) is 4.22. The van der Waals surface area contributed by atoms with Crippen LogP contribution in [0.1, 0.15) is 32.3 Å². The van der Waals surface area contributed by atoms with E-state index in [2.05, 4.69) is 19.2 Å². The van der Waals surface area contributed by atoms with Gasteiger partial charge in [0.15, 0.2) is 0 Å². The summed E-state index contributed by atoms with van der Waals surface area (Å²) in [5.41, 5.74) is 7.45. The van der Waals surface area contributed by atoms with Gasteiger partial charge in [-0.3, -0.25) is 4.79 Å². The number of carbonyl (C=O) groups is 1. The molecule has 2 rings (SSSR count). The fourth-order valence-electron chi connectivity index (χ4n) is 2.69. The van der Waals surface area contributed by atoms with Crippen LogP contribution >= 0.6 is 0 Å². The van der Waals surface area contributed by atoms with Gasteiger partial charge in [-0.2, -0.15) is 0 Å². The molecule has 0 heterocycles. The zero-order valence-corrected chi connectivity index (χ0v) is 11.1. The predicted molar refractivity (Wildman–Crippen MR) is 74.1 cm³/mol. The molecule has 0 spiro atoms. The Balaban J connectivity index is 1.92. The summed E-state index contributed by atoms with van der Waals surface area (Å²) in [7, 11) is 0. The molecule has 1 aromatic rings. The highest BCUT2D eigenvalue weighted by Crippen LogP contribution is 2.31. The van der Waals surface area contributed by atoms with Gasteiger partial charge in [-0.1, -0.05) is 32.0 Å². The number of benzene rings is 1. The topological polar surface area (TPSA) is 55.1 Å². The normalized spacial score (nSPS) is 27.1. The fraction of sp³-hybridized carbons (Fsp3) is 0.533. The van der Waals surface area contributed by atoms with E-state index in [1.54, 1.807) is 0 Å². The van der Waals surface area contributed by atoms with Crippen LogP contribution < -0.4 is 11.1 Å². The average Bonchev–Trinajstić information content (AvgIpc) is 2.64. The summed E-state index contributed by atoms with van der Waals surface area (Å²) < 4.78 is 0. The Hall–Kier alpha value is -1.51. The molecular formula is C15H22N2O. The number of carbonyl (C=O) groups excluding carboxylic acids is 1. The van der Waals surface area contributed by atoms with Crippen molar-refractivity contribution < 1.29 is 4.79 Å². The van der Waals surface area contributed by atoms with Gasteiger partial charge in [-0.15, -0.1) is 0 Å². The second kappa shape index (κ2) is 5.42. The molecule has 1 amide bonds. The molecule has 3 nitrogen and oxygen atoms in total. The van der Waals surface area contributed by atoms with E-state index in [0.29, 0.717) is 30.0 Å². The van der Waals surface area contributed by atoms with E-state index in [9.17, 15) is 4.79 Å². The summed E-state index contributed by atoms with van der Waals surface area (Å²) in [6.45, 7) is 4.48. The van der Waals surface area contributed by atoms with Gasteiger partial charge in [-0.05, 0) is 36.3 Å². The third kappa shape index (κ3) is 2.84. The Kier molecular flexibility index (Phi) is 3.90. The highest BCUT2D eigenvalue weighted by atomic mass is 16.1. The van der Waals surface area contributed by atoms with E-state index in [0.717, 1.165) is 12.0 Å². The summed E-state index contributed by atoms with van der Waals surface area (Å²) in [4.78, 5) is 12.0. The van der Waals surface area contributed by atoms with Crippen molar-refractivity contribution in [3.8, 4) is 0 Å². The molecule has 1 fully saturated rings. The number of nitrogens with two attached hydrogens (primary N) is 1. The fourth-order valence-corrected chi connectivity index (χ4v) is 2.69. The summed E-state index contributed by atoms with van der Waals surface area (Å²) in [5.74, 6) is 1.36. The highest BCUT2D eigenvalue weighted by Gasteiger charge is 2.30. The van der Waals surface area contributed by atoms with Crippen LogP contribution in [0.4, 0.5) is 5.69 Å². The molecule has 0 saturated heterocycles. The molecule has 0 bridgehead atoms. The number of rotatable bonds is 3. The van der Waals surface area contributed by atoms with E-state index in [-0.39, 0.29) is 5.91 Å². The minimum Gasteiger partial charge on any atom is -0.398 e. The largest absolute Gasteiger partial charge is 0.398 e. The van der Waals surface area contributed by atoms with Crippen molar-refractivity contribution in [1.82, 2.24) is 5.32 Å². The first-order chi connectivity index (χ1) is 8.58. The van der Waals surface area contributed by atoms with Crippen LogP contribution in [0.3, 0.4) is 0 Å². The number of nitrogen functional groups attached to an aromatic ring is 1. The maximum absolute atomic E-state index is 12.0. The maximum Gasteiger partial charge on any atom is 0.224 e. The van der Waals surface area contributed by atoms with Crippen LogP contribution in [0.25, 0.3) is 0 Å². The second-order valence-corrected chi connectivity index (χ2v) is 5.46. The van der Waals surface area contributed by atoms with Crippen molar-refractivity contribution in [3.63, 3.8) is 0 Å². The van der Waals surface area contributed by atoms with Gasteiger partial charge in [-0.25, -0.2) is 0 Å². The van der Waals surface area contributed by atoms with Crippen LogP contribution in [0.15, 0.2) is 24.3 Å². The van der Waals surface area contributed by atoms with Crippen molar-refractivity contribution in [1.29, 1.82) is 0 Å². The first kappa shape index (κ1) is 12.9. The smallest absolute Gasteiger partial charge is 0.224 e. The molecule has 0 aliphatic heterocycles. The minimum atomic E-state index is 0.0823. The molecule has 18 heavy (non-hydrogen) atoms. The van der Waals surface area contributed by atoms with Crippen LogP contribution in [0, 0.1) is 11.8 Å². The number of anilines is 1. The molecule has 1 saturated carbocycles. The lowest BCUT2D eigenvalue weighted by Gasteiger charge is -2.19. The first-order valence-corrected chi connectivity index (χ1v) is 6.70. The molecule has 1 aliphatic rings. The number of amides is 1. The van der Waals surface area contributed by atoms with E-state index >= 15 is 0 Å². The van der Waals surface area contributed by atoms with Crippen molar-refractivity contribution in [3.05, 3.63) is 29.8 Å². The molecule has 1 aromatic carbocycles. The van der Waals surface area contributed by atoms with Gasteiger partial charge < -0.3 is 11.1 Å². The van der Waals surface area contributed by atoms with Gasteiger partial charge in [0, 0.05) is 11.7 Å². The van der Waals surface area contributed by atoms with Crippen molar-refractivity contribution in [2.75, 3.05) is 5.73 Å². The van der Waals surface area contributed by atoms with Crippen LogP contribution in [0.5, 0.6) is 0 Å². The van der Waals surface area contributed by atoms with E-state index in [4.69, 9.17) is 5.73 Å². The Bertz CT molecular complexity index is 430. The van der Waals surface area contributed by atoms with Crippen LogP contribution in [-0.4, -0.2) is 11.9 Å². The van der Waals surface area contributed by atoms with Gasteiger partial charge in [0.2, 0.25) is 5.91 Å². The van der Waals surface area contributed by atoms with Gasteiger partial charge in [0.1, 0.15) is 0 Å². The maximum atomic E-state index is 12.0. The lowest BCUT2D eigenvalue weighted by Crippen LogP contribution is -2.38. The Morgan fingerprint density at radius 1 is 1.33 bits per heavy atom. The molecule has 3 atom stereocenters. The highest BCUT2D eigenvalue weighted by molar-refractivity contribution is 5.80. The summed E-state index contributed by atoms with van der Waals surface area (Å²) in [6, 6.07) is 7.88. The summed E-state index contributed by atoms with van der Waals surface area (Å²) in [6.07, 6.45) is 2.68. The molecule has 3 N–H and O–H groups in total. The van der Waals surface area contributed by atoms with Gasteiger partial charge >= 0.3 is 0 Å². The van der Waals surface area contributed by atoms with E-state index in [1.165, 1.54) is 6.42 Å². The molecule has 1 aliphatic carbocycles. The summed E-state index contributed by atoms with van der Waals surface area (Å²) in [5, 5.41) is 3.14. The first-order valence-electron chi connectivity index (χ1n) is 6.70. The Morgan fingerprint density at radius 2 is 2.06 bits per heavy atom. The minimum absolute atomic E-state index is 0.0823. The van der Waals surface area contributed by atoms with Gasteiger partial charge in [0.25, 0.3) is 0 Å². The lowest BCUT2D eigenvalue weighted by atomic mass is 9.97. The molecular weight excluding hydrogens is 224 g/mol. The molecule has 3 heteroatoms. The lowest BCUT2D eigenvalue weighted by molar-refractivity contribution is -0.121. The average molecular weight is 246 g/mol. The van der Waals surface area contributed by atoms with Crippen molar-refractivity contribution in [2.45, 2.75) is 39.2 Å². The number of hydrogen-bond donors (Lipinski definition) is 2.